The lowest BCUT2D eigenvalue weighted by molar-refractivity contribution is 0.182. The first kappa shape index (κ1) is 15.6. The van der Waals surface area contributed by atoms with Crippen LogP contribution in [0, 0.1) is 11.3 Å². The number of hydrogen-bond acceptors (Lipinski definition) is 1. The summed E-state index contributed by atoms with van der Waals surface area (Å²) in [6.45, 7) is 9.42. The number of fused-ring (bicyclic) bond motifs is 2. The van der Waals surface area contributed by atoms with Crippen molar-refractivity contribution in [1.82, 2.24) is 0 Å². The SMILES string of the molecule is COc1cc2c(cc1C(C)C)CCC1C(=C2)CCCC1(C)C. The molecule has 1 aromatic rings. The van der Waals surface area contributed by atoms with Crippen molar-refractivity contribution in [3.05, 3.63) is 34.4 Å². The van der Waals surface area contributed by atoms with Crippen LogP contribution in [0.5, 0.6) is 5.75 Å². The normalized spacial score (nSPS) is 23.4. The van der Waals surface area contributed by atoms with Crippen LogP contribution < -0.4 is 4.74 Å². The molecular formula is C21H30O. The summed E-state index contributed by atoms with van der Waals surface area (Å²) in [5, 5.41) is 0. The molecule has 0 aromatic heterocycles. The lowest BCUT2D eigenvalue weighted by Crippen LogP contribution is -2.29. The fourth-order valence-electron chi connectivity index (χ4n) is 4.49. The molecule has 120 valence electrons. The number of ether oxygens (including phenoxy) is 1. The van der Waals surface area contributed by atoms with Crippen molar-refractivity contribution in [2.75, 3.05) is 7.11 Å². The van der Waals surface area contributed by atoms with Gasteiger partial charge in [-0.15, -0.1) is 0 Å². The molecule has 2 aliphatic carbocycles. The Balaban J connectivity index is 2.06. The van der Waals surface area contributed by atoms with Gasteiger partial charge in [0.05, 0.1) is 7.11 Å². The topological polar surface area (TPSA) is 9.23 Å². The standard InChI is InChI=1S/C21H30O/c1-14(2)18-12-15-8-9-19-16(7-6-10-21(19,3)4)11-17(15)13-20(18)22-5/h11-14,19H,6-10H2,1-5H3. The molecule has 1 atom stereocenters. The minimum Gasteiger partial charge on any atom is -0.496 e. The van der Waals surface area contributed by atoms with Crippen LogP contribution in [-0.4, -0.2) is 7.11 Å². The van der Waals surface area contributed by atoms with Crippen molar-refractivity contribution in [3.8, 4) is 5.75 Å². The number of methoxy groups -OCH3 is 1. The minimum atomic E-state index is 0.455. The lowest BCUT2D eigenvalue weighted by Gasteiger charge is -2.40. The Kier molecular flexibility index (Phi) is 4.09. The highest BCUT2D eigenvalue weighted by Crippen LogP contribution is 2.48. The molecular weight excluding hydrogens is 268 g/mol. The van der Waals surface area contributed by atoms with E-state index in [-0.39, 0.29) is 0 Å². The quantitative estimate of drug-likeness (QED) is 0.653. The molecule has 0 heterocycles. The molecule has 3 rings (SSSR count). The smallest absolute Gasteiger partial charge is 0.122 e. The highest BCUT2D eigenvalue weighted by atomic mass is 16.5. The summed E-state index contributed by atoms with van der Waals surface area (Å²) < 4.78 is 5.66. The van der Waals surface area contributed by atoms with Gasteiger partial charge in [-0.25, -0.2) is 0 Å². The summed E-state index contributed by atoms with van der Waals surface area (Å²) in [5.41, 5.74) is 6.40. The molecule has 0 amide bonds. The third kappa shape index (κ3) is 2.71. The fraction of sp³-hybridized carbons (Fsp3) is 0.619. The van der Waals surface area contributed by atoms with E-state index in [0.29, 0.717) is 11.3 Å². The fourth-order valence-corrected chi connectivity index (χ4v) is 4.49. The highest BCUT2D eigenvalue weighted by molar-refractivity contribution is 5.63. The Morgan fingerprint density at radius 1 is 1.18 bits per heavy atom. The summed E-state index contributed by atoms with van der Waals surface area (Å²) in [7, 11) is 1.80. The molecule has 1 saturated carbocycles. The molecule has 0 radical (unpaired) electrons. The minimum absolute atomic E-state index is 0.455. The average Bonchev–Trinajstić information content (AvgIpc) is 2.64. The second-order valence-corrected chi connectivity index (χ2v) is 8.10. The Labute approximate surface area is 135 Å². The van der Waals surface area contributed by atoms with Crippen LogP contribution in [0.2, 0.25) is 0 Å². The second-order valence-electron chi connectivity index (χ2n) is 8.10. The molecule has 2 aliphatic rings. The second kappa shape index (κ2) is 5.76. The molecule has 0 aliphatic heterocycles. The molecule has 1 heteroatoms. The van der Waals surface area contributed by atoms with E-state index in [4.69, 9.17) is 4.74 Å². The van der Waals surface area contributed by atoms with Crippen molar-refractivity contribution in [2.24, 2.45) is 11.3 Å². The molecule has 1 nitrogen and oxygen atoms in total. The zero-order chi connectivity index (χ0) is 15.9. The zero-order valence-electron chi connectivity index (χ0n) is 14.8. The van der Waals surface area contributed by atoms with Gasteiger partial charge in [0.1, 0.15) is 5.75 Å². The maximum atomic E-state index is 5.66. The number of benzene rings is 1. The van der Waals surface area contributed by atoms with E-state index in [0.717, 1.165) is 11.7 Å². The van der Waals surface area contributed by atoms with E-state index in [1.807, 2.05) is 0 Å². The van der Waals surface area contributed by atoms with E-state index in [9.17, 15) is 0 Å². The van der Waals surface area contributed by atoms with Crippen LogP contribution in [0.3, 0.4) is 0 Å². The van der Waals surface area contributed by atoms with Gasteiger partial charge < -0.3 is 4.74 Å². The van der Waals surface area contributed by atoms with E-state index in [1.165, 1.54) is 48.8 Å². The monoisotopic (exact) mass is 298 g/mol. The first-order valence-electron chi connectivity index (χ1n) is 8.83. The van der Waals surface area contributed by atoms with Crippen molar-refractivity contribution in [1.29, 1.82) is 0 Å². The maximum Gasteiger partial charge on any atom is 0.122 e. The molecule has 0 spiro atoms. The third-order valence-corrected chi connectivity index (χ3v) is 5.83. The van der Waals surface area contributed by atoms with Crippen molar-refractivity contribution < 1.29 is 4.74 Å². The molecule has 0 bridgehead atoms. The van der Waals surface area contributed by atoms with E-state index >= 15 is 0 Å². The summed E-state index contributed by atoms with van der Waals surface area (Å²) in [6, 6.07) is 4.68. The molecule has 1 unspecified atom stereocenters. The summed E-state index contributed by atoms with van der Waals surface area (Å²) in [6.07, 6.45) is 8.98. The number of rotatable bonds is 2. The molecule has 22 heavy (non-hydrogen) atoms. The Morgan fingerprint density at radius 3 is 2.64 bits per heavy atom. The lowest BCUT2D eigenvalue weighted by atomic mass is 9.65. The number of hydrogen-bond donors (Lipinski definition) is 0. The number of aryl methyl sites for hydroxylation is 1. The summed E-state index contributed by atoms with van der Waals surface area (Å²) in [4.78, 5) is 0. The van der Waals surface area contributed by atoms with Crippen LogP contribution >= 0.6 is 0 Å². The van der Waals surface area contributed by atoms with Crippen LogP contribution in [0.4, 0.5) is 0 Å². The summed E-state index contributed by atoms with van der Waals surface area (Å²) >= 11 is 0. The molecule has 1 aromatic carbocycles. The third-order valence-electron chi connectivity index (χ3n) is 5.83. The Bertz CT molecular complexity index is 592. The first-order chi connectivity index (χ1) is 10.4. The van der Waals surface area contributed by atoms with Gasteiger partial charge in [0.25, 0.3) is 0 Å². The maximum absolute atomic E-state index is 5.66. The van der Waals surface area contributed by atoms with Crippen molar-refractivity contribution in [2.45, 2.75) is 65.7 Å². The van der Waals surface area contributed by atoms with Crippen LogP contribution in [0.15, 0.2) is 17.7 Å². The molecule has 1 fully saturated rings. The van der Waals surface area contributed by atoms with Crippen LogP contribution in [0.1, 0.15) is 76.0 Å². The van der Waals surface area contributed by atoms with Crippen molar-refractivity contribution in [3.63, 3.8) is 0 Å². The largest absolute Gasteiger partial charge is 0.496 e. The van der Waals surface area contributed by atoms with Gasteiger partial charge >= 0.3 is 0 Å². The Hall–Kier alpha value is -1.24. The summed E-state index contributed by atoms with van der Waals surface area (Å²) in [5.74, 6) is 2.32. The number of allylic oxidation sites excluding steroid dienone is 1. The van der Waals surface area contributed by atoms with Gasteiger partial charge in [-0.1, -0.05) is 45.4 Å². The zero-order valence-corrected chi connectivity index (χ0v) is 14.8. The van der Waals surface area contributed by atoms with Gasteiger partial charge in [0.2, 0.25) is 0 Å². The van der Waals surface area contributed by atoms with Gasteiger partial charge in [-0.3, -0.25) is 0 Å². The van der Waals surface area contributed by atoms with Gasteiger partial charge in [-0.05, 0) is 72.1 Å². The van der Waals surface area contributed by atoms with Crippen LogP contribution in [0.25, 0.3) is 6.08 Å². The van der Waals surface area contributed by atoms with E-state index in [1.54, 1.807) is 12.7 Å². The predicted molar refractivity (Wildman–Crippen MR) is 94.5 cm³/mol. The van der Waals surface area contributed by atoms with Crippen molar-refractivity contribution >= 4 is 6.08 Å². The molecule has 0 N–H and O–H groups in total. The van der Waals surface area contributed by atoms with Gasteiger partial charge in [0, 0.05) is 0 Å². The van der Waals surface area contributed by atoms with E-state index in [2.05, 4.69) is 45.9 Å². The van der Waals surface area contributed by atoms with Crippen LogP contribution in [-0.2, 0) is 6.42 Å². The Morgan fingerprint density at radius 2 is 1.95 bits per heavy atom. The van der Waals surface area contributed by atoms with Gasteiger partial charge in [0.15, 0.2) is 0 Å². The van der Waals surface area contributed by atoms with Gasteiger partial charge in [-0.2, -0.15) is 0 Å². The average molecular weight is 298 g/mol. The predicted octanol–water partition coefficient (Wildman–Crippen LogP) is 5.97. The van der Waals surface area contributed by atoms with E-state index < -0.39 is 0 Å². The first-order valence-corrected chi connectivity index (χ1v) is 8.83. The highest BCUT2D eigenvalue weighted by Gasteiger charge is 2.36. The molecule has 0 saturated heterocycles.